The molecule has 1 saturated carbocycles. The quantitative estimate of drug-likeness (QED) is 0.915. The number of anilines is 1. The summed E-state index contributed by atoms with van der Waals surface area (Å²) in [5, 5.41) is 4.50. The number of rotatable bonds is 4. The molecule has 19 heavy (non-hydrogen) atoms. The molecule has 104 valence electrons. The van der Waals surface area contributed by atoms with Gasteiger partial charge in [-0.2, -0.15) is 11.8 Å². The minimum Gasteiger partial charge on any atom is -0.370 e. The fourth-order valence-electron chi connectivity index (χ4n) is 2.54. The predicted octanol–water partition coefficient (Wildman–Crippen LogP) is 3.54. The maximum atomic E-state index is 6.42. The first kappa shape index (κ1) is 13.6. The number of hydrogen-bond acceptors (Lipinski definition) is 3. The van der Waals surface area contributed by atoms with Crippen LogP contribution in [0.1, 0.15) is 24.8 Å². The molecule has 1 aromatic rings. The van der Waals surface area contributed by atoms with E-state index in [1.807, 2.05) is 6.07 Å². The highest BCUT2D eigenvalue weighted by molar-refractivity contribution is 7.99. The van der Waals surface area contributed by atoms with Crippen LogP contribution in [-0.2, 0) is 6.54 Å². The zero-order valence-corrected chi connectivity index (χ0v) is 12.8. The number of halogens is 1. The van der Waals surface area contributed by atoms with E-state index in [2.05, 4.69) is 34.1 Å². The van der Waals surface area contributed by atoms with Crippen LogP contribution in [0, 0.1) is 0 Å². The lowest BCUT2D eigenvalue weighted by molar-refractivity contribution is 0.683. The van der Waals surface area contributed by atoms with Crippen LogP contribution in [0.25, 0.3) is 0 Å². The van der Waals surface area contributed by atoms with Crippen LogP contribution < -0.4 is 10.2 Å². The van der Waals surface area contributed by atoms with E-state index >= 15 is 0 Å². The fraction of sp³-hybridized carbons (Fsp3) is 0.600. The molecule has 2 aliphatic rings. The first-order valence-electron chi connectivity index (χ1n) is 7.18. The number of nitrogens with one attached hydrogen (secondary N) is 1. The van der Waals surface area contributed by atoms with Gasteiger partial charge in [0.1, 0.15) is 0 Å². The average molecular weight is 297 g/mol. The smallest absolute Gasteiger partial charge is 0.0471 e. The van der Waals surface area contributed by atoms with Crippen LogP contribution >= 0.6 is 23.4 Å². The molecule has 0 atom stereocenters. The van der Waals surface area contributed by atoms with Crippen LogP contribution in [0.3, 0.4) is 0 Å². The van der Waals surface area contributed by atoms with Crippen LogP contribution in [-0.4, -0.2) is 30.6 Å². The molecule has 3 rings (SSSR count). The van der Waals surface area contributed by atoms with Crippen LogP contribution in [0.2, 0.25) is 5.02 Å². The van der Waals surface area contributed by atoms with Crippen molar-refractivity contribution >= 4 is 29.1 Å². The Labute approximate surface area is 124 Å². The van der Waals surface area contributed by atoms with Gasteiger partial charge in [-0.05, 0) is 37.1 Å². The second-order valence-corrected chi connectivity index (χ2v) is 6.98. The van der Waals surface area contributed by atoms with Crippen molar-refractivity contribution in [3.8, 4) is 0 Å². The molecule has 1 aliphatic carbocycles. The molecule has 0 unspecified atom stereocenters. The zero-order chi connectivity index (χ0) is 13.1. The minimum atomic E-state index is 0.726. The third kappa shape index (κ3) is 3.59. The molecule has 1 aliphatic heterocycles. The summed E-state index contributed by atoms with van der Waals surface area (Å²) in [5.41, 5.74) is 2.62. The Kier molecular flexibility index (Phi) is 4.57. The Hall–Kier alpha value is -0.380. The van der Waals surface area contributed by atoms with Crippen molar-refractivity contribution in [2.75, 3.05) is 29.5 Å². The van der Waals surface area contributed by atoms with Crippen LogP contribution in [0.15, 0.2) is 18.2 Å². The maximum Gasteiger partial charge on any atom is 0.0471 e. The molecule has 1 N–H and O–H groups in total. The first-order valence-corrected chi connectivity index (χ1v) is 8.71. The Morgan fingerprint density at radius 2 is 2.16 bits per heavy atom. The summed E-state index contributed by atoms with van der Waals surface area (Å²) in [6, 6.07) is 7.05. The summed E-state index contributed by atoms with van der Waals surface area (Å²) in [7, 11) is 0. The van der Waals surface area contributed by atoms with Gasteiger partial charge in [0.2, 0.25) is 0 Å². The van der Waals surface area contributed by atoms with Crippen molar-refractivity contribution in [2.45, 2.75) is 31.8 Å². The lowest BCUT2D eigenvalue weighted by Crippen LogP contribution is -2.28. The molecule has 2 fully saturated rings. The van der Waals surface area contributed by atoms with E-state index in [0.717, 1.165) is 30.7 Å². The van der Waals surface area contributed by atoms with Crippen molar-refractivity contribution in [2.24, 2.45) is 0 Å². The van der Waals surface area contributed by atoms with Gasteiger partial charge in [-0.25, -0.2) is 0 Å². The number of benzene rings is 1. The van der Waals surface area contributed by atoms with Crippen LogP contribution in [0.5, 0.6) is 0 Å². The van der Waals surface area contributed by atoms with E-state index in [1.54, 1.807) is 0 Å². The Morgan fingerprint density at radius 1 is 1.26 bits per heavy atom. The Morgan fingerprint density at radius 3 is 3.00 bits per heavy atom. The van der Waals surface area contributed by atoms with Crippen LogP contribution in [0.4, 0.5) is 5.69 Å². The van der Waals surface area contributed by atoms with E-state index < -0.39 is 0 Å². The molecule has 0 amide bonds. The highest BCUT2D eigenvalue weighted by Crippen LogP contribution is 2.30. The third-order valence-corrected chi connectivity index (χ3v) is 5.20. The van der Waals surface area contributed by atoms with E-state index in [1.165, 1.54) is 42.0 Å². The first-order chi connectivity index (χ1) is 9.34. The monoisotopic (exact) mass is 296 g/mol. The number of thioether (sulfide) groups is 1. The molecule has 1 heterocycles. The van der Waals surface area contributed by atoms with E-state index in [4.69, 9.17) is 11.6 Å². The summed E-state index contributed by atoms with van der Waals surface area (Å²) in [4.78, 5) is 2.51. The molecule has 2 nitrogen and oxygen atoms in total. The third-order valence-electron chi connectivity index (χ3n) is 3.80. The van der Waals surface area contributed by atoms with Gasteiger partial charge in [0, 0.05) is 47.7 Å². The molecule has 0 spiro atoms. The second-order valence-electron chi connectivity index (χ2n) is 5.35. The highest BCUT2D eigenvalue weighted by atomic mass is 35.5. The molecule has 0 radical (unpaired) electrons. The predicted molar refractivity (Wildman–Crippen MR) is 85.5 cm³/mol. The number of hydrogen-bond donors (Lipinski definition) is 1. The van der Waals surface area contributed by atoms with Crippen molar-refractivity contribution in [3.05, 3.63) is 28.8 Å². The molecular weight excluding hydrogens is 276 g/mol. The standard InChI is InChI=1S/C15H21ClN2S/c16-14-3-1-4-15(13(14)11-17-12-5-6-12)18-7-2-9-19-10-8-18/h1,3-4,12,17H,2,5-11H2. The topological polar surface area (TPSA) is 15.3 Å². The van der Waals surface area contributed by atoms with Crippen molar-refractivity contribution in [1.82, 2.24) is 5.32 Å². The van der Waals surface area contributed by atoms with Gasteiger partial charge in [-0.3, -0.25) is 0 Å². The Bertz CT molecular complexity index is 426. The molecule has 0 aromatic heterocycles. The summed E-state index contributed by atoms with van der Waals surface area (Å²) in [5.74, 6) is 2.51. The van der Waals surface area contributed by atoms with Crippen molar-refractivity contribution in [3.63, 3.8) is 0 Å². The van der Waals surface area contributed by atoms with Crippen molar-refractivity contribution in [1.29, 1.82) is 0 Å². The summed E-state index contributed by atoms with van der Waals surface area (Å²) >= 11 is 8.48. The molecule has 4 heteroatoms. The lowest BCUT2D eigenvalue weighted by atomic mass is 10.1. The average Bonchev–Trinajstić information content (AvgIpc) is 3.24. The largest absolute Gasteiger partial charge is 0.370 e. The summed E-state index contributed by atoms with van der Waals surface area (Å²) in [6.45, 7) is 3.20. The SMILES string of the molecule is Clc1cccc(N2CCCSCC2)c1CNC1CC1. The normalized spacial score (nSPS) is 20.4. The van der Waals surface area contributed by atoms with E-state index in [0.29, 0.717) is 0 Å². The lowest BCUT2D eigenvalue weighted by Gasteiger charge is -2.26. The van der Waals surface area contributed by atoms with Gasteiger partial charge in [0.05, 0.1) is 0 Å². The van der Waals surface area contributed by atoms with Gasteiger partial charge in [0.15, 0.2) is 0 Å². The van der Waals surface area contributed by atoms with Gasteiger partial charge < -0.3 is 10.2 Å². The summed E-state index contributed by atoms with van der Waals surface area (Å²) in [6.07, 6.45) is 3.91. The molecule has 1 aromatic carbocycles. The molecule has 0 bridgehead atoms. The fourth-order valence-corrected chi connectivity index (χ4v) is 3.66. The van der Waals surface area contributed by atoms with Gasteiger partial charge >= 0.3 is 0 Å². The second kappa shape index (κ2) is 6.38. The highest BCUT2D eigenvalue weighted by Gasteiger charge is 2.22. The van der Waals surface area contributed by atoms with Crippen molar-refractivity contribution < 1.29 is 0 Å². The van der Waals surface area contributed by atoms with E-state index in [9.17, 15) is 0 Å². The van der Waals surface area contributed by atoms with Gasteiger partial charge in [0.25, 0.3) is 0 Å². The van der Waals surface area contributed by atoms with Gasteiger partial charge in [-0.1, -0.05) is 17.7 Å². The van der Waals surface area contributed by atoms with Gasteiger partial charge in [-0.15, -0.1) is 0 Å². The zero-order valence-electron chi connectivity index (χ0n) is 11.2. The molecular formula is C15H21ClN2S. The minimum absolute atomic E-state index is 0.726. The Balaban J connectivity index is 1.78. The molecule has 1 saturated heterocycles. The summed E-state index contributed by atoms with van der Waals surface area (Å²) < 4.78 is 0. The maximum absolute atomic E-state index is 6.42. The van der Waals surface area contributed by atoms with E-state index in [-0.39, 0.29) is 0 Å². The number of nitrogens with zero attached hydrogens (tertiary/aromatic N) is 1.